The van der Waals surface area contributed by atoms with Crippen LogP contribution >= 0.6 is 0 Å². The highest BCUT2D eigenvalue weighted by Gasteiger charge is 2.02. The maximum absolute atomic E-state index is 5.68. The number of benzene rings is 1. The van der Waals surface area contributed by atoms with Gasteiger partial charge in [-0.15, -0.1) is 0 Å². The Morgan fingerprint density at radius 1 is 1.24 bits per heavy atom. The second-order valence-corrected chi connectivity index (χ2v) is 4.96. The zero-order chi connectivity index (χ0) is 14.9. The van der Waals surface area contributed by atoms with Crippen LogP contribution in [0.3, 0.4) is 0 Å². The molecule has 1 atom stereocenters. The zero-order valence-corrected chi connectivity index (χ0v) is 12.7. The summed E-state index contributed by atoms with van der Waals surface area (Å²) < 4.78 is 12.7. The smallest absolute Gasteiger partial charge is 0.119 e. The Balaban J connectivity index is 1.56. The molecule has 1 unspecified atom stereocenters. The predicted molar refractivity (Wildman–Crippen MR) is 82.8 cm³/mol. The van der Waals surface area contributed by atoms with Crippen molar-refractivity contribution in [3.63, 3.8) is 0 Å². The van der Waals surface area contributed by atoms with E-state index in [4.69, 9.17) is 9.47 Å². The summed E-state index contributed by atoms with van der Waals surface area (Å²) in [5.74, 6) is 1.72. The van der Waals surface area contributed by atoms with Gasteiger partial charge in [0.15, 0.2) is 0 Å². The van der Waals surface area contributed by atoms with Gasteiger partial charge in [0, 0.05) is 18.4 Å². The molecule has 5 heteroatoms. The van der Waals surface area contributed by atoms with E-state index >= 15 is 0 Å². The lowest BCUT2D eigenvalue weighted by atomic mass is 10.3. The third-order valence-corrected chi connectivity index (χ3v) is 3.16. The van der Waals surface area contributed by atoms with Crippen molar-refractivity contribution in [1.29, 1.82) is 0 Å². The first kappa shape index (κ1) is 15.4. The normalized spacial score (nSPS) is 12.1. The van der Waals surface area contributed by atoms with Crippen molar-refractivity contribution >= 4 is 0 Å². The number of ether oxygens (including phenoxy) is 2. The van der Waals surface area contributed by atoms with Crippen molar-refractivity contribution < 1.29 is 9.47 Å². The lowest BCUT2D eigenvalue weighted by Gasteiger charge is -2.14. The van der Waals surface area contributed by atoms with Crippen molar-refractivity contribution in [2.45, 2.75) is 25.9 Å². The van der Waals surface area contributed by atoms with E-state index in [-0.39, 0.29) is 0 Å². The van der Waals surface area contributed by atoms with E-state index in [2.05, 4.69) is 17.3 Å². The lowest BCUT2D eigenvalue weighted by molar-refractivity contribution is 0.302. The molecule has 114 valence electrons. The largest absolute Gasteiger partial charge is 0.497 e. The molecule has 1 N–H and O–H groups in total. The van der Waals surface area contributed by atoms with Gasteiger partial charge in [0.1, 0.15) is 11.5 Å². The van der Waals surface area contributed by atoms with E-state index in [1.807, 2.05) is 41.2 Å². The van der Waals surface area contributed by atoms with Crippen LogP contribution in [0.4, 0.5) is 0 Å². The average Bonchev–Trinajstić information content (AvgIpc) is 3.00. The summed E-state index contributed by atoms with van der Waals surface area (Å²) in [6, 6.07) is 9.99. The van der Waals surface area contributed by atoms with Crippen LogP contribution in [-0.2, 0) is 6.54 Å². The number of nitrogens with one attached hydrogen (secondary N) is 1. The van der Waals surface area contributed by atoms with Crippen molar-refractivity contribution in [3.8, 4) is 11.5 Å². The summed E-state index contributed by atoms with van der Waals surface area (Å²) in [7, 11) is 1.66. The molecule has 21 heavy (non-hydrogen) atoms. The molecule has 0 aliphatic carbocycles. The molecule has 0 radical (unpaired) electrons. The van der Waals surface area contributed by atoms with Crippen molar-refractivity contribution in [1.82, 2.24) is 15.1 Å². The molecule has 0 fully saturated rings. The Bertz CT molecular complexity index is 497. The van der Waals surface area contributed by atoms with E-state index < -0.39 is 0 Å². The molecule has 1 aromatic heterocycles. The molecule has 5 nitrogen and oxygen atoms in total. The number of methoxy groups -OCH3 is 1. The quantitative estimate of drug-likeness (QED) is 0.720. The van der Waals surface area contributed by atoms with Gasteiger partial charge >= 0.3 is 0 Å². The summed E-state index contributed by atoms with van der Waals surface area (Å²) in [4.78, 5) is 0. The molecule has 0 saturated carbocycles. The number of nitrogens with zero attached hydrogens (tertiary/aromatic N) is 2. The fourth-order valence-corrected chi connectivity index (χ4v) is 2.04. The fourth-order valence-electron chi connectivity index (χ4n) is 2.04. The van der Waals surface area contributed by atoms with Crippen molar-refractivity contribution in [3.05, 3.63) is 42.7 Å². The lowest BCUT2D eigenvalue weighted by Crippen LogP contribution is -2.32. The molecule has 0 amide bonds. The highest BCUT2D eigenvalue weighted by atomic mass is 16.5. The monoisotopic (exact) mass is 289 g/mol. The highest BCUT2D eigenvalue weighted by molar-refractivity contribution is 5.31. The molecule has 1 aromatic carbocycles. The van der Waals surface area contributed by atoms with Gasteiger partial charge in [-0.1, -0.05) is 0 Å². The van der Waals surface area contributed by atoms with Gasteiger partial charge in [-0.25, -0.2) is 0 Å². The highest BCUT2D eigenvalue weighted by Crippen LogP contribution is 2.16. The number of rotatable bonds is 9. The minimum atomic E-state index is 0.394. The molecular formula is C16H23N3O2. The molecule has 0 saturated heterocycles. The molecular weight excluding hydrogens is 266 g/mol. The van der Waals surface area contributed by atoms with Crippen LogP contribution in [0.5, 0.6) is 11.5 Å². The maximum Gasteiger partial charge on any atom is 0.119 e. The third kappa shape index (κ3) is 5.47. The Hall–Kier alpha value is -2.01. The molecule has 1 heterocycles. The maximum atomic E-state index is 5.68. The van der Waals surface area contributed by atoms with Crippen molar-refractivity contribution in [2.24, 2.45) is 0 Å². The van der Waals surface area contributed by atoms with Gasteiger partial charge in [0.25, 0.3) is 0 Å². The fraction of sp³-hybridized carbons (Fsp3) is 0.438. The second kappa shape index (κ2) is 8.32. The van der Waals surface area contributed by atoms with E-state index in [1.54, 1.807) is 13.3 Å². The third-order valence-electron chi connectivity index (χ3n) is 3.16. The Morgan fingerprint density at radius 2 is 2.00 bits per heavy atom. The van der Waals surface area contributed by atoms with Crippen LogP contribution < -0.4 is 14.8 Å². The molecule has 0 bridgehead atoms. The van der Waals surface area contributed by atoms with Gasteiger partial charge in [-0.05, 0) is 50.2 Å². The van der Waals surface area contributed by atoms with Crippen LogP contribution in [0.2, 0.25) is 0 Å². The zero-order valence-electron chi connectivity index (χ0n) is 12.7. The molecule has 2 aromatic rings. The average molecular weight is 289 g/mol. The van der Waals surface area contributed by atoms with E-state index in [0.29, 0.717) is 12.6 Å². The van der Waals surface area contributed by atoms with Gasteiger partial charge in [-0.3, -0.25) is 4.68 Å². The molecule has 0 aliphatic heterocycles. The molecule has 0 aliphatic rings. The second-order valence-electron chi connectivity index (χ2n) is 4.96. The summed E-state index contributed by atoms with van der Waals surface area (Å²) in [6.45, 7) is 4.67. The van der Waals surface area contributed by atoms with Crippen LogP contribution in [0.25, 0.3) is 0 Å². The molecule has 0 spiro atoms. The minimum Gasteiger partial charge on any atom is -0.497 e. The molecule has 2 rings (SSSR count). The van der Waals surface area contributed by atoms with Crippen LogP contribution in [0.15, 0.2) is 42.7 Å². The number of hydrogen-bond acceptors (Lipinski definition) is 4. The Labute approximate surface area is 125 Å². The first-order valence-electron chi connectivity index (χ1n) is 7.25. The summed E-state index contributed by atoms with van der Waals surface area (Å²) in [5.41, 5.74) is 0. The SMILES string of the molecule is COc1ccc(OCCCNC(C)Cn2cccn2)cc1. The van der Waals surface area contributed by atoms with Crippen LogP contribution in [-0.4, -0.2) is 36.1 Å². The number of aromatic nitrogens is 2. The van der Waals surface area contributed by atoms with E-state index in [1.165, 1.54) is 0 Å². The van der Waals surface area contributed by atoms with Gasteiger partial charge < -0.3 is 14.8 Å². The van der Waals surface area contributed by atoms with Crippen molar-refractivity contribution in [2.75, 3.05) is 20.3 Å². The van der Waals surface area contributed by atoms with Gasteiger partial charge in [-0.2, -0.15) is 5.10 Å². The minimum absolute atomic E-state index is 0.394. The van der Waals surface area contributed by atoms with Gasteiger partial charge in [0.2, 0.25) is 0 Å². The van der Waals surface area contributed by atoms with E-state index in [9.17, 15) is 0 Å². The topological polar surface area (TPSA) is 48.3 Å². The van der Waals surface area contributed by atoms with Gasteiger partial charge in [0.05, 0.1) is 20.3 Å². The Kier molecular flexibility index (Phi) is 6.09. The summed E-state index contributed by atoms with van der Waals surface area (Å²) in [5, 5.41) is 7.66. The van der Waals surface area contributed by atoms with Crippen LogP contribution in [0, 0.1) is 0 Å². The van der Waals surface area contributed by atoms with E-state index in [0.717, 1.165) is 31.0 Å². The summed E-state index contributed by atoms with van der Waals surface area (Å²) in [6.07, 6.45) is 4.75. The first-order valence-corrected chi connectivity index (χ1v) is 7.25. The predicted octanol–water partition coefficient (Wildman–Crippen LogP) is 2.34. The number of hydrogen-bond donors (Lipinski definition) is 1. The Morgan fingerprint density at radius 3 is 2.67 bits per heavy atom. The standard InChI is InChI=1S/C16H23N3O2/c1-14(13-19-11-3-10-18-19)17-9-4-12-21-16-7-5-15(20-2)6-8-16/h3,5-8,10-11,14,17H,4,9,12-13H2,1-2H3. The summed E-state index contributed by atoms with van der Waals surface area (Å²) >= 11 is 0. The van der Waals surface area contributed by atoms with Crippen LogP contribution in [0.1, 0.15) is 13.3 Å². The first-order chi connectivity index (χ1) is 10.3.